The number of oxazole rings is 1. The molecule has 0 aromatic carbocycles. The van der Waals surface area contributed by atoms with Crippen LogP contribution in [0.25, 0.3) is 0 Å². The van der Waals surface area contributed by atoms with Gasteiger partial charge < -0.3 is 4.42 Å². The predicted molar refractivity (Wildman–Crippen MR) is 29.1 cm³/mol. The lowest BCUT2D eigenvalue weighted by Gasteiger charge is -1.69. The third-order valence-electron chi connectivity index (χ3n) is 0.681. The van der Waals surface area contributed by atoms with E-state index in [2.05, 4.69) is 16.8 Å². The SMILES string of the molecule is CC#Cc1cnco1. The van der Waals surface area contributed by atoms with Gasteiger partial charge in [0, 0.05) is 0 Å². The molecule has 0 fully saturated rings. The van der Waals surface area contributed by atoms with Crippen LogP contribution >= 0.6 is 0 Å². The van der Waals surface area contributed by atoms with Crippen molar-refractivity contribution in [2.75, 3.05) is 0 Å². The van der Waals surface area contributed by atoms with Crippen LogP contribution in [-0.2, 0) is 0 Å². The van der Waals surface area contributed by atoms with E-state index in [0.717, 1.165) is 0 Å². The van der Waals surface area contributed by atoms with E-state index < -0.39 is 0 Å². The number of hydrogen-bond donors (Lipinski definition) is 0. The standard InChI is InChI=1S/C6H5NO/c1-2-3-6-4-7-5-8-6/h4-5H,1H3. The topological polar surface area (TPSA) is 26.0 Å². The van der Waals surface area contributed by atoms with Crippen molar-refractivity contribution < 1.29 is 4.42 Å². The molecule has 0 unspecified atom stereocenters. The molecule has 1 rings (SSSR count). The molecule has 0 amide bonds. The van der Waals surface area contributed by atoms with Crippen LogP contribution in [-0.4, -0.2) is 4.98 Å². The fourth-order valence-electron chi connectivity index (χ4n) is 0.401. The van der Waals surface area contributed by atoms with Gasteiger partial charge in [-0.2, -0.15) is 0 Å². The highest BCUT2D eigenvalue weighted by atomic mass is 16.3. The van der Waals surface area contributed by atoms with Crippen molar-refractivity contribution in [2.24, 2.45) is 0 Å². The second-order valence-electron chi connectivity index (χ2n) is 1.24. The quantitative estimate of drug-likeness (QED) is 0.463. The van der Waals surface area contributed by atoms with Gasteiger partial charge in [0.1, 0.15) is 0 Å². The Balaban J connectivity index is 2.88. The number of hydrogen-bond acceptors (Lipinski definition) is 2. The molecule has 0 N–H and O–H groups in total. The Morgan fingerprint density at radius 3 is 3.12 bits per heavy atom. The zero-order valence-electron chi connectivity index (χ0n) is 4.51. The van der Waals surface area contributed by atoms with E-state index in [-0.39, 0.29) is 0 Å². The van der Waals surface area contributed by atoms with E-state index in [1.165, 1.54) is 6.39 Å². The van der Waals surface area contributed by atoms with Crippen molar-refractivity contribution in [3.8, 4) is 11.8 Å². The van der Waals surface area contributed by atoms with Crippen LogP contribution in [0, 0.1) is 11.8 Å². The van der Waals surface area contributed by atoms with E-state index >= 15 is 0 Å². The average Bonchev–Trinajstić information content (AvgIpc) is 2.19. The van der Waals surface area contributed by atoms with Crippen LogP contribution in [0.15, 0.2) is 17.0 Å². The first-order valence-electron chi connectivity index (χ1n) is 2.24. The number of nitrogens with zero attached hydrogens (tertiary/aromatic N) is 1. The molecular weight excluding hydrogens is 102 g/mol. The summed E-state index contributed by atoms with van der Waals surface area (Å²) >= 11 is 0. The largest absolute Gasteiger partial charge is 0.435 e. The van der Waals surface area contributed by atoms with Crippen molar-refractivity contribution in [1.29, 1.82) is 0 Å². The maximum Gasteiger partial charge on any atom is 0.197 e. The van der Waals surface area contributed by atoms with Crippen LogP contribution in [0.1, 0.15) is 12.7 Å². The van der Waals surface area contributed by atoms with Crippen molar-refractivity contribution >= 4 is 0 Å². The molecule has 2 heteroatoms. The van der Waals surface area contributed by atoms with Gasteiger partial charge in [0.05, 0.1) is 6.20 Å². The molecule has 0 saturated carbocycles. The fraction of sp³-hybridized carbons (Fsp3) is 0.167. The first kappa shape index (κ1) is 4.92. The van der Waals surface area contributed by atoms with E-state index in [4.69, 9.17) is 4.42 Å². The Kier molecular flexibility index (Phi) is 1.34. The minimum absolute atomic E-state index is 0.618. The zero-order valence-corrected chi connectivity index (χ0v) is 4.51. The van der Waals surface area contributed by atoms with Gasteiger partial charge in [-0.1, -0.05) is 5.92 Å². The second-order valence-corrected chi connectivity index (χ2v) is 1.24. The van der Waals surface area contributed by atoms with E-state index in [0.29, 0.717) is 5.76 Å². The third kappa shape index (κ3) is 0.881. The van der Waals surface area contributed by atoms with Crippen molar-refractivity contribution in [1.82, 2.24) is 4.98 Å². The lowest BCUT2D eigenvalue weighted by atomic mass is 10.5. The van der Waals surface area contributed by atoms with Gasteiger partial charge in [0.2, 0.25) is 0 Å². The van der Waals surface area contributed by atoms with Crippen LogP contribution in [0.5, 0.6) is 0 Å². The molecular formula is C6H5NO. The van der Waals surface area contributed by atoms with Gasteiger partial charge in [-0.25, -0.2) is 4.98 Å². The minimum Gasteiger partial charge on any atom is -0.435 e. The lowest BCUT2D eigenvalue weighted by Crippen LogP contribution is -1.59. The molecule has 0 aliphatic heterocycles. The molecule has 1 aromatic heterocycles. The van der Waals surface area contributed by atoms with Crippen LogP contribution in [0.2, 0.25) is 0 Å². The molecule has 1 aromatic rings. The summed E-state index contributed by atoms with van der Waals surface area (Å²) in [7, 11) is 0. The van der Waals surface area contributed by atoms with Crippen LogP contribution in [0.3, 0.4) is 0 Å². The van der Waals surface area contributed by atoms with Gasteiger partial charge in [-0.05, 0) is 12.8 Å². The normalized spacial score (nSPS) is 7.62. The van der Waals surface area contributed by atoms with Crippen LogP contribution in [0.4, 0.5) is 0 Å². The number of rotatable bonds is 0. The summed E-state index contributed by atoms with van der Waals surface area (Å²) < 4.78 is 4.79. The monoisotopic (exact) mass is 107 g/mol. The summed E-state index contributed by atoms with van der Waals surface area (Å²) in [5.74, 6) is 6.01. The minimum atomic E-state index is 0.618. The lowest BCUT2D eigenvalue weighted by molar-refractivity contribution is 0.546. The number of aromatic nitrogens is 1. The summed E-state index contributed by atoms with van der Waals surface area (Å²) in [5, 5.41) is 0. The highest BCUT2D eigenvalue weighted by Crippen LogP contribution is 1.90. The molecule has 0 aliphatic rings. The average molecular weight is 107 g/mol. The summed E-state index contributed by atoms with van der Waals surface area (Å²) in [6, 6.07) is 0. The summed E-state index contributed by atoms with van der Waals surface area (Å²) in [6.45, 7) is 1.75. The Bertz CT molecular complexity index is 202. The fourth-order valence-corrected chi connectivity index (χ4v) is 0.401. The third-order valence-corrected chi connectivity index (χ3v) is 0.681. The molecule has 8 heavy (non-hydrogen) atoms. The molecule has 0 atom stereocenters. The van der Waals surface area contributed by atoms with Gasteiger partial charge in [-0.15, -0.1) is 0 Å². The van der Waals surface area contributed by atoms with Crippen molar-refractivity contribution in [3.63, 3.8) is 0 Å². The van der Waals surface area contributed by atoms with Crippen molar-refractivity contribution in [3.05, 3.63) is 18.4 Å². The van der Waals surface area contributed by atoms with Gasteiger partial charge >= 0.3 is 0 Å². The maximum absolute atomic E-state index is 4.79. The molecule has 40 valence electrons. The van der Waals surface area contributed by atoms with Crippen molar-refractivity contribution in [2.45, 2.75) is 6.92 Å². The Hall–Kier alpha value is -1.23. The smallest absolute Gasteiger partial charge is 0.197 e. The van der Waals surface area contributed by atoms with E-state index in [1.54, 1.807) is 13.1 Å². The zero-order chi connectivity index (χ0) is 5.82. The second kappa shape index (κ2) is 2.17. The molecule has 0 saturated heterocycles. The van der Waals surface area contributed by atoms with Gasteiger partial charge in [0.25, 0.3) is 0 Å². The summed E-state index contributed by atoms with van der Waals surface area (Å²) in [5.41, 5.74) is 0. The maximum atomic E-state index is 4.79. The Morgan fingerprint density at radius 1 is 1.75 bits per heavy atom. The molecule has 1 heterocycles. The summed E-state index contributed by atoms with van der Waals surface area (Å²) in [6.07, 6.45) is 2.94. The summed E-state index contributed by atoms with van der Waals surface area (Å²) in [4.78, 5) is 3.67. The Labute approximate surface area is 47.5 Å². The van der Waals surface area contributed by atoms with E-state index in [9.17, 15) is 0 Å². The Morgan fingerprint density at radius 2 is 2.62 bits per heavy atom. The van der Waals surface area contributed by atoms with Gasteiger partial charge in [0.15, 0.2) is 12.2 Å². The predicted octanol–water partition coefficient (Wildman–Crippen LogP) is 1.05. The highest BCUT2D eigenvalue weighted by Gasteiger charge is 1.83. The molecule has 0 radical (unpaired) electrons. The van der Waals surface area contributed by atoms with E-state index in [1.807, 2.05) is 0 Å². The first-order valence-corrected chi connectivity index (χ1v) is 2.24. The van der Waals surface area contributed by atoms with Crippen LogP contribution < -0.4 is 0 Å². The molecule has 0 bridgehead atoms. The molecule has 2 nitrogen and oxygen atoms in total. The highest BCUT2D eigenvalue weighted by molar-refractivity contribution is 5.19. The molecule has 0 spiro atoms. The molecule has 0 aliphatic carbocycles. The van der Waals surface area contributed by atoms with Gasteiger partial charge in [-0.3, -0.25) is 0 Å². The first-order chi connectivity index (χ1) is 3.93.